The Kier molecular flexibility index (Phi) is 6.90. The summed E-state index contributed by atoms with van der Waals surface area (Å²) in [6, 6.07) is 9.34. The van der Waals surface area contributed by atoms with Gasteiger partial charge < -0.3 is 14.8 Å². The van der Waals surface area contributed by atoms with Crippen molar-refractivity contribution in [1.82, 2.24) is 9.62 Å². The number of carbonyl (C=O) groups is 1. The van der Waals surface area contributed by atoms with Crippen LogP contribution in [-0.4, -0.2) is 44.9 Å². The maximum atomic E-state index is 12.7. The molecular formula is C21H25ClN2O5S. The van der Waals surface area contributed by atoms with Gasteiger partial charge in [0.2, 0.25) is 10.0 Å². The van der Waals surface area contributed by atoms with Crippen LogP contribution in [0.5, 0.6) is 11.5 Å². The highest BCUT2D eigenvalue weighted by Gasteiger charge is 2.23. The van der Waals surface area contributed by atoms with E-state index in [4.69, 9.17) is 21.1 Å². The number of nitrogens with one attached hydrogen (secondary N) is 1. The molecule has 0 radical (unpaired) electrons. The zero-order valence-electron chi connectivity index (χ0n) is 17.1. The summed E-state index contributed by atoms with van der Waals surface area (Å²) in [4.78, 5) is 12.9. The molecule has 2 aromatic rings. The molecule has 0 saturated heterocycles. The molecule has 9 heteroatoms. The topological polar surface area (TPSA) is 84.9 Å². The van der Waals surface area contributed by atoms with Crippen LogP contribution in [0.1, 0.15) is 42.7 Å². The number of fused-ring (bicyclic) bond motifs is 1. The van der Waals surface area contributed by atoms with E-state index in [9.17, 15) is 13.2 Å². The van der Waals surface area contributed by atoms with Crippen LogP contribution in [0.25, 0.3) is 0 Å². The molecule has 1 aliphatic heterocycles. The molecule has 2 aromatic carbocycles. The Bertz CT molecular complexity index is 1020. The predicted octanol–water partition coefficient (Wildman–Crippen LogP) is 3.63. The fourth-order valence-corrected chi connectivity index (χ4v) is 4.97. The van der Waals surface area contributed by atoms with Gasteiger partial charge in [0.1, 0.15) is 13.2 Å². The number of hydrogen-bond acceptors (Lipinski definition) is 5. The van der Waals surface area contributed by atoms with Crippen LogP contribution in [0.4, 0.5) is 0 Å². The van der Waals surface area contributed by atoms with Crippen molar-refractivity contribution in [3.05, 3.63) is 52.5 Å². The molecule has 0 saturated carbocycles. The number of ether oxygens (including phenoxy) is 2. The van der Waals surface area contributed by atoms with Crippen molar-refractivity contribution in [3.8, 4) is 11.5 Å². The Morgan fingerprint density at radius 3 is 2.40 bits per heavy atom. The van der Waals surface area contributed by atoms with E-state index in [1.54, 1.807) is 44.2 Å². The van der Waals surface area contributed by atoms with Gasteiger partial charge in [-0.1, -0.05) is 37.6 Å². The number of amides is 1. The summed E-state index contributed by atoms with van der Waals surface area (Å²) >= 11 is 6.21. The third kappa shape index (κ3) is 4.55. The predicted molar refractivity (Wildman–Crippen MR) is 115 cm³/mol. The molecule has 30 heavy (non-hydrogen) atoms. The lowest BCUT2D eigenvalue weighted by atomic mass is 10.1. The molecule has 0 unspecified atom stereocenters. The van der Waals surface area contributed by atoms with Crippen LogP contribution in [0.15, 0.2) is 41.3 Å². The molecule has 0 bridgehead atoms. The fraction of sp³-hybridized carbons (Fsp3) is 0.381. The number of rotatable bonds is 7. The Hall–Kier alpha value is -2.29. The summed E-state index contributed by atoms with van der Waals surface area (Å²) in [5.74, 6) is 0.566. The molecule has 1 amide bonds. The Morgan fingerprint density at radius 2 is 1.77 bits per heavy atom. The summed E-state index contributed by atoms with van der Waals surface area (Å²) < 4.78 is 37.6. The van der Waals surface area contributed by atoms with Crippen molar-refractivity contribution in [2.75, 3.05) is 26.3 Å². The zero-order chi connectivity index (χ0) is 21.9. The van der Waals surface area contributed by atoms with Gasteiger partial charge in [-0.3, -0.25) is 4.79 Å². The molecule has 162 valence electrons. The first-order valence-corrected chi connectivity index (χ1v) is 11.6. The third-order valence-electron chi connectivity index (χ3n) is 4.93. The van der Waals surface area contributed by atoms with Crippen molar-refractivity contribution in [2.45, 2.75) is 31.7 Å². The van der Waals surface area contributed by atoms with Gasteiger partial charge >= 0.3 is 0 Å². The second-order valence-corrected chi connectivity index (χ2v) is 9.18. The van der Waals surface area contributed by atoms with Crippen molar-refractivity contribution in [1.29, 1.82) is 0 Å². The van der Waals surface area contributed by atoms with Gasteiger partial charge in [0.05, 0.1) is 16.0 Å². The van der Waals surface area contributed by atoms with E-state index in [0.29, 0.717) is 48.4 Å². The van der Waals surface area contributed by atoms with Crippen molar-refractivity contribution >= 4 is 27.5 Å². The molecule has 3 rings (SSSR count). The van der Waals surface area contributed by atoms with Gasteiger partial charge in [-0.15, -0.1) is 0 Å². The Labute approximate surface area is 182 Å². The molecule has 1 N–H and O–H groups in total. The lowest BCUT2D eigenvalue weighted by molar-refractivity contribution is 0.0938. The quantitative estimate of drug-likeness (QED) is 0.693. The fourth-order valence-electron chi connectivity index (χ4n) is 3.25. The first-order valence-electron chi connectivity index (χ1n) is 9.78. The van der Waals surface area contributed by atoms with Gasteiger partial charge in [0.15, 0.2) is 11.5 Å². The number of hydrogen-bond donors (Lipinski definition) is 1. The molecule has 1 heterocycles. The van der Waals surface area contributed by atoms with Crippen molar-refractivity contribution in [3.63, 3.8) is 0 Å². The van der Waals surface area contributed by atoms with Gasteiger partial charge in [0.25, 0.3) is 5.91 Å². The Morgan fingerprint density at radius 1 is 1.13 bits per heavy atom. The van der Waals surface area contributed by atoms with Gasteiger partial charge in [-0.25, -0.2) is 8.42 Å². The zero-order valence-corrected chi connectivity index (χ0v) is 18.7. The SMILES string of the molecule is CCN(CC)S(=O)(=O)c1ccc([C@H](C)NC(=O)c2cc(Cl)c3c(c2)OCCO3)cc1. The van der Waals surface area contributed by atoms with E-state index < -0.39 is 10.0 Å². The number of carbonyl (C=O) groups excluding carboxylic acids is 1. The number of halogens is 1. The molecular weight excluding hydrogens is 428 g/mol. The Balaban J connectivity index is 1.74. The summed E-state index contributed by atoms with van der Waals surface area (Å²) in [5, 5.41) is 3.21. The van der Waals surface area contributed by atoms with E-state index in [0.717, 1.165) is 5.56 Å². The maximum absolute atomic E-state index is 12.7. The van der Waals surface area contributed by atoms with Crippen LogP contribution in [0, 0.1) is 0 Å². The van der Waals surface area contributed by atoms with Crippen LogP contribution >= 0.6 is 11.6 Å². The highest BCUT2D eigenvalue weighted by molar-refractivity contribution is 7.89. The lowest BCUT2D eigenvalue weighted by Gasteiger charge is -2.21. The van der Waals surface area contributed by atoms with E-state index in [2.05, 4.69) is 5.32 Å². The minimum Gasteiger partial charge on any atom is -0.486 e. The smallest absolute Gasteiger partial charge is 0.251 e. The van der Waals surface area contributed by atoms with Gasteiger partial charge in [-0.05, 0) is 36.8 Å². The molecule has 0 spiro atoms. The molecule has 1 aliphatic rings. The van der Waals surface area contributed by atoms with E-state index in [-0.39, 0.29) is 16.8 Å². The minimum absolute atomic E-state index is 0.229. The number of nitrogens with zero attached hydrogens (tertiary/aromatic N) is 1. The summed E-state index contributed by atoms with van der Waals surface area (Å²) in [7, 11) is -3.52. The largest absolute Gasteiger partial charge is 0.486 e. The lowest BCUT2D eigenvalue weighted by Crippen LogP contribution is -2.30. The first kappa shape index (κ1) is 22.4. The molecule has 0 aromatic heterocycles. The molecule has 0 fully saturated rings. The van der Waals surface area contributed by atoms with Crippen LogP contribution in [0.3, 0.4) is 0 Å². The highest BCUT2D eigenvalue weighted by Crippen LogP contribution is 2.38. The highest BCUT2D eigenvalue weighted by atomic mass is 35.5. The van der Waals surface area contributed by atoms with Crippen LogP contribution in [0.2, 0.25) is 5.02 Å². The number of sulfonamides is 1. The summed E-state index contributed by atoms with van der Waals surface area (Å²) in [5.41, 5.74) is 1.14. The second kappa shape index (κ2) is 9.24. The normalized spacial score (nSPS) is 14.4. The summed E-state index contributed by atoms with van der Waals surface area (Å²) in [6.45, 7) is 7.05. The van der Waals surface area contributed by atoms with Crippen molar-refractivity contribution < 1.29 is 22.7 Å². The van der Waals surface area contributed by atoms with E-state index in [1.807, 2.05) is 6.92 Å². The summed E-state index contributed by atoms with van der Waals surface area (Å²) in [6.07, 6.45) is 0. The molecule has 0 aliphatic carbocycles. The van der Waals surface area contributed by atoms with E-state index >= 15 is 0 Å². The third-order valence-corrected chi connectivity index (χ3v) is 7.27. The average molecular weight is 453 g/mol. The average Bonchev–Trinajstić information content (AvgIpc) is 2.74. The van der Waals surface area contributed by atoms with Gasteiger partial charge in [0, 0.05) is 18.7 Å². The first-order chi connectivity index (χ1) is 14.3. The van der Waals surface area contributed by atoms with E-state index in [1.165, 1.54) is 10.4 Å². The van der Waals surface area contributed by atoms with Gasteiger partial charge in [-0.2, -0.15) is 4.31 Å². The molecule has 7 nitrogen and oxygen atoms in total. The number of benzene rings is 2. The minimum atomic E-state index is -3.52. The maximum Gasteiger partial charge on any atom is 0.251 e. The monoisotopic (exact) mass is 452 g/mol. The van der Waals surface area contributed by atoms with Crippen molar-refractivity contribution in [2.24, 2.45) is 0 Å². The second-order valence-electron chi connectivity index (χ2n) is 6.84. The standard InChI is InChI=1S/C21H25ClN2O5S/c1-4-24(5-2)30(26,27)17-8-6-15(7-9-17)14(3)23-21(25)16-12-18(22)20-19(13-16)28-10-11-29-20/h6-9,12-14H,4-5,10-11H2,1-3H3,(H,23,25)/t14-/m0/s1. The van der Waals surface area contributed by atoms with Crippen LogP contribution < -0.4 is 14.8 Å². The van der Waals surface area contributed by atoms with Crippen LogP contribution in [-0.2, 0) is 10.0 Å². The molecule has 1 atom stereocenters.